The average Bonchev–Trinajstić information content (AvgIpc) is 2.77. The maximum Gasteiger partial charge on any atom is 0.330 e. The van der Waals surface area contributed by atoms with Gasteiger partial charge in [-0.2, -0.15) is 0 Å². The number of ether oxygens (including phenoxy) is 1. The molecule has 0 fully saturated rings. The van der Waals surface area contributed by atoms with E-state index in [0.29, 0.717) is 12.8 Å². The van der Waals surface area contributed by atoms with Crippen LogP contribution in [0.4, 0.5) is 0 Å². The Morgan fingerprint density at radius 2 is 1.58 bits per heavy atom. The molecule has 0 atom stereocenters. The summed E-state index contributed by atoms with van der Waals surface area (Å²) in [4.78, 5) is 24.6. The Kier molecular flexibility index (Phi) is 13.7. The highest BCUT2D eigenvalue weighted by Crippen LogP contribution is 2.27. The van der Waals surface area contributed by atoms with E-state index in [-0.39, 0.29) is 30.3 Å². The molecule has 1 N–H and O–H groups in total. The third-order valence-electron chi connectivity index (χ3n) is 4.46. The van der Waals surface area contributed by atoms with Crippen LogP contribution in [0.25, 0.3) is 0 Å². The maximum absolute atomic E-state index is 12.3. The van der Waals surface area contributed by atoms with Gasteiger partial charge in [0, 0.05) is 18.9 Å². The molecule has 8 heteroatoms. The molecule has 0 spiro atoms. The summed E-state index contributed by atoms with van der Waals surface area (Å²) in [6.07, 6.45) is 2.24. The number of aromatic nitrogens is 2. The molecule has 31 heavy (non-hydrogen) atoms. The fraction of sp³-hybridized carbons (Fsp3) is 0.565. The minimum Gasteiger partial charge on any atom is -0.361 e. The molecule has 0 bridgehead atoms. The van der Waals surface area contributed by atoms with Gasteiger partial charge in [-0.25, -0.2) is 13.2 Å². The fourth-order valence-corrected chi connectivity index (χ4v) is 4.22. The van der Waals surface area contributed by atoms with E-state index in [1.54, 1.807) is 0 Å². The number of hydrogen-bond acceptors (Lipinski definition) is 5. The van der Waals surface area contributed by atoms with Gasteiger partial charge in [-0.3, -0.25) is 14.3 Å². The summed E-state index contributed by atoms with van der Waals surface area (Å²) in [5.41, 5.74) is -0.120. The Bertz CT molecular complexity index is 948. The summed E-state index contributed by atoms with van der Waals surface area (Å²) in [5, 5.41) is 0. The largest absolute Gasteiger partial charge is 0.361 e. The van der Waals surface area contributed by atoms with Crippen molar-refractivity contribution >= 4 is 9.84 Å². The van der Waals surface area contributed by atoms with E-state index in [2.05, 4.69) is 4.98 Å². The fourth-order valence-electron chi connectivity index (χ4n) is 2.64. The van der Waals surface area contributed by atoms with Crippen LogP contribution in [0.5, 0.6) is 0 Å². The summed E-state index contributed by atoms with van der Waals surface area (Å²) < 4.78 is 31.1. The van der Waals surface area contributed by atoms with Crippen LogP contribution < -0.4 is 11.2 Å². The lowest BCUT2D eigenvalue weighted by Gasteiger charge is -2.25. The van der Waals surface area contributed by atoms with Crippen molar-refractivity contribution in [3.8, 4) is 0 Å². The average molecular weight is 455 g/mol. The van der Waals surface area contributed by atoms with Crippen LogP contribution in [0.1, 0.15) is 59.9 Å². The standard InChI is InChI=1S/C19H26N2O5S.2C2H6/c1-19(2,16-7-4-3-5-8-16)10-14-27(24,25)13-6-12-26-15-21-11-9-17(22)20-18(21)23;2*1-2/h3-5,7-9,11H,6,10,12-15H2,1-2H3,(H,20,22,23);2*1-2H3. The van der Waals surface area contributed by atoms with Crippen molar-refractivity contribution in [1.29, 1.82) is 0 Å². The van der Waals surface area contributed by atoms with E-state index in [0.717, 1.165) is 5.56 Å². The van der Waals surface area contributed by atoms with E-state index < -0.39 is 21.1 Å². The lowest BCUT2D eigenvalue weighted by Crippen LogP contribution is -2.29. The van der Waals surface area contributed by atoms with Gasteiger partial charge in [-0.15, -0.1) is 0 Å². The minimum atomic E-state index is -3.18. The van der Waals surface area contributed by atoms with E-state index in [9.17, 15) is 18.0 Å². The molecule has 1 aromatic carbocycles. The Balaban J connectivity index is 0.00000212. The Morgan fingerprint density at radius 1 is 0.968 bits per heavy atom. The zero-order valence-corrected chi connectivity index (χ0v) is 20.5. The number of nitrogens with one attached hydrogen (secondary N) is 1. The first-order chi connectivity index (χ1) is 14.7. The highest BCUT2D eigenvalue weighted by Gasteiger charge is 2.23. The molecule has 0 aliphatic rings. The Hall–Kier alpha value is -2.19. The van der Waals surface area contributed by atoms with E-state index >= 15 is 0 Å². The van der Waals surface area contributed by atoms with Crippen molar-refractivity contribution in [2.24, 2.45) is 0 Å². The molecule has 0 saturated carbocycles. The highest BCUT2D eigenvalue weighted by atomic mass is 32.2. The van der Waals surface area contributed by atoms with Gasteiger partial charge in [-0.1, -0.05) is 71.9 Å². The quantitative estimate of drug-likeness (QED) is 0.552. The zero-order valence-electron chi connectivity index (χ0n) is 19.7. The Labute approximate surface area is 186 Å². The van der Waals surface area contributed by atoms with Crippen LogP contribution in [0.15, 0.2) is 52.2 Å². The summed E-state index contributed by atoms with van der Waals surface area (Å²) in [5.74, 6) is 0.159. The van der Waals surface area contributed by atoms with Crippen LogP contribution >= 0.6 is 0 Å². The number of rotatable bonds is 10. The Morgan fingerprint density at radius 3 is 2.16 bits per heavy atom. The van der Waals surface area contributed by atoms with E-state index in [4.69, 9.17) is 4.74 Å². The first-order valence-corrected chi connectivity index (χ1v) is 12.7. The lowest BCUT2D eigenvalue weighted by atomic mass is 9.82. The molecular formula is C23H38N2O5S. The van der Waals surface area contributed by atoms with Gasteiger partial charge in [0.05, 0.1) is 11.5 Å². The third-order valence-corrected chi connectivity index (χ3v) is 6.20. The number of hydrogen-bond donors (Lipinski definition) is 1. The number of aromatic amines is 1. The van der Waals surface area contributed by atoms with Crippen molar-refractivity contribution in [2.75, 3.05) is 18.1 Å². The van der Waals surface area contributed by atoms with Crippen molar-refractivity contribution in [3.05, 3.63) is 69.0 Å². The molecular weight excluding hydrogens is 416 g/mol. The normalized spacial score (nSPS) is 11.0. The molecule has 0 amide bonds. The molecule has 2 aromatic rings. The third kappa shape index (κ3) is 11.1. The van der Waals surface area contributed by atoms with Crippen LogP contribution in [0.2, 0.25) is 0 Å². The molecule has 1 aromatic heterocycles. The van der Waals surface area contributed by atoms with Crippen LogP contribution in [-0.4, -0.2) is 36.1 Å². The minimum absolute atomic E-state index is 0.0311. The second-order valence-corrected chi connectivity index (χ2v) is 9.43. The van der Waals surface area contributed by atoms with E-state index in [1.807, 2.05) is 71.9 Å². The number of nitrogens with zero attached hydrogens (tertiary/aromatic N) is 1. The topological polar surface area (TPSA) is 98.2 Å². The first-order valence-electron chi connectivity index (χ1n) is 10.8. The highest BCUT2D eigenvalue weighted by molar-refractivity contribution is 7.91. The van der Waals surface area contributed by atoms with Crippen molar-refractivity contribution in [3.63, 3.8) is 0 Å². The van der Waals surface area contributed by atoms with Gasteiger partial charge < -0.3 is 4.74 Å². The lowest BCUT2D eigenvalue weighted by molar-refractivity contribution is 0.0745. The molecule has 176 valence electrons. The molecule has 0 radical (unpaired) electrons. The molecule has 0 aliphatic carbocycles. The summed E-state index contributed by atoms with van der Waals surface area (Å²) >= 11 is 0. The van der Waals surface area contributed by atoms with Crippen LogP contribution in [0, 0.1) is 0 Å². The van der Waals surface area contributed by atoms with Crippen molar-refractivity contribution < 1.29 is 13.2 Å². The summed E-state index contributed by atoms with van der Waals surface area (Å²) in [6.45, 7) is 12.3. The second kappa shape index (κ2) is 14.8. The predicted octanol–water partition coefficient (Wildman–Crippen LogP) is 3.74. The van der Waals surface area contributed by atoms with Gasteiger partial charge in [0.1, 0.15) is 16.6 Å². The monoisotopic (exact) mass is 454 g/mol. The maximum atomic E-state index is 12.3. The SMILES string of the molecule is CC.CC.CC(C)(CCS(=O)(=O)CCCOCn1ccc(=O)[nH]c1=O)c1ccccc1. The van der Waals surface area contributed by atoms with Gasteiger partial charge in [-0.05, 0) is 23.8 Å². The van der Waals surface area contributed by atoms with Crippen molar-refractivity contribution in [1.82, 2.24) is 9.55 Å². The van der Waals surface area contributed by atoms with Crippen molar-refractivity contribution in [2.45, 2.75) is 66.5 Å². The molecule has 1 heterocycles. The van der Waals surface area contributed by atoms with Crippen LogP contribution in [-0.2, 0) is 26.7 Å². The predicted molar refractivity (Wildman–Crippen MR) is 127 cm³/mol. The van der Waals surface area contributed by atoms with Gasteiger partial charge in [0.15, 0.2) is 0 Å². The molecule has 0 unspecified atom stereocenters. The molecule has 2 rings (SSSR count). The molecule has 0 aliphatic heterocycles. The number of benzene rings is 1. The van der Waals surface area contributed by atoms with Gasteiger partial charge in [0.2, 0.25) is 0 Å². The zero-order chi connectivity index (χ0) is 23.9. The number of sulfone groups is 1. The molecule has 0 saturated heterocycles. The smallest absolute Gasteiger partial charge is 0.330 e. The van der Waals surface area contributed by atoms with E-state index in [1.165, 1.54) is 16.8 Å². The first kappa shape index (κ1) is 28.8. The summed E-state index contributed by atoms with van der Waals surface area (Å²) in [6, 6.07) is 11.1. The molecule has 7 nitrogen and oxygen atoms in total. The second-order valence-electron chi connectivity index (χ2n) is 7.12. The van der Waals surface area contributed by atoms with Gasteiger partial charge >= 0.3 is 5.69 Å². The summed E-state index contributed by atoms with van der Waals surface area (Å²) in [7, 11) is -3.18. The van der Waals surface area contributed by atoms with Gasteiger partial charge in [0.25, 0.3) is 5.56 Å². The van der Waals surface area contributed by atoms with Crippen LogP contribution in [0.3, 0.4) is 0 Å². The number of H-pyrrole nitrogens is 1.